The predicted molar refractivity (Wildman–Crippen MR) is 136 cm³/mol. The zero-order chi connectivity index (χ0) is 24.4. The van der Waals surface area contributed by atoms with Gasteiger partial charge in [0.2, 0.25) is 0 Å². The molecule has 1 aromatic carbocycles. The van der Waals surface area contributed by atoms with Gasteiger partial charge in [0.25, 0.3) is 5.56 Å². The summed E-state index contributed by atoms with van der Waals surface area (Å²) >= 11 is 0. The molecule has 8 heteroatoms. The summed E-state index contributed by atoms with van der Waals surface area (Å²) < 4.78 is 7.81. The van der Waals surface area contributed by atoms with Crippen LogP contribution in [0, 0.1) is 13.8 Å². The molecule has 0 radical (unpaired) electrons. The predicted octanol–water partition coefficient (Wildman–Crippen LogP) is 4.60. The largest absolute Gasteiger partial charge is 0.376 e. The van der Waals surface area contributed by atoms with Crippen molar-refractivity contribution in [3.8, 4) is 0 Å². The molecule has 0 spiro atoms. The Hall–Kier alpha value is -2.58. The van der Waals surface area contributed by atoms with Gasteiger partial charge >= 0.3 is 0 Å². The first-order chi connectivity index (χ1) is 17.0. The van der Waals surface area contributed by atoms with Gasteiger partial charge in [-0.15, -0.1) is 5.10 Å². The quantitative estimate of drug-likeness (QED) is 0.509. The number of fused-ring (bicyclic) bond motifs is 1. The van der Waals surface area contributed by atoms with E-state index in [-0.39, 0.29) is 17.7 Å². The number of aromatic amines is 1. The molecule has 3 heterocycles. The van der Waals surface area contributed by atoms with Crippen molar-refractivity contribution in [2.24, 2.45) is 0 Å². The summed E-state index contributed by atoms with van der Waals surface area (Å²) in [5.41, 5.74) is 4.05. The number of pyridine rings is 1. The molecule has 2 unspecified atom stereocenters. The molecule has 188 valence electrons. The lowest BCUT2D eigenvalue weighted by Crippen LogP contribution is -2.41. The number of hydrogen-bond donors (Lipinski definition) is 1. The van der Waals surface area contributed by atoms with Gasteiger partial charge in [-0.1, -0.05) is 37.8 Å². The van der Waals surface area contributed by atoms with Crippen molar-refractivity contribution in [3.05, 3.63) is 51.1 Å². The number of H-pyrrole nitrogens is 1. The molecule has 1 aliphatic heterocycles. The Morgan fingerprint density at radius 3 is 2.71 bits per heavy atom. The molecule has 2 atom stereocenters. The number of rotatable bonds is 8. The first-order valence-electron chi connectivity index (χ1n) is 13.3. The van der Waals surface area contributed by atoms with Gasteiger partial charge in [-0.05, 0) is 79.5 Å². The molecule has 2 fully saturated rings. The van der Waals surface area contributed by atoms with Crippen molar-refractivity contribution in [3.63, 3.8) is 0 Å². The van der Waals surface area contributed by atoms with E-state index in [0.29, 0.717) is 19.1 Å². The first-order valence-corrected chi connectivity index (χ1v) is 13.3. The minimum atomic E-state index is -0.000868. The van der Waals surface area contributed by atoms with Crippen LogP contribution in [-0.2, 0) is 17.8 Å². The second-order valence-corrected chi connectivity index (χ2v) is 10.4. The summed E-state index contributed by atoms with van der Waals surface area (Å²) in [5, 5.41) is 14.0. The number of tetrazole rings is 1. The maximum atomic E-state index is 13.2. The molecule has 2 aromatic heterocycles. The van der Waals surface area contributed by atoms with Gasteiger partial charge in [0.15, 0.2) is 5.82 Å². The highest BCUT2D eigenvalue weighted by Gasteiger charge is 2.32. The average molecular weight is 479 g/mol. The lowest BCUT2D eigenvalue weighted by molar-refractivity contribution is 0.0734. The van der Waals surface area contributed by atoms with Crippen LogP contribution in [-0.4, -0.2) is 48.8 Å². The van der Waals surface area contributed by atoms with Crippen LogP contribution in [0.1, 0.15) is 86.8 Å². The Kier molecular flexibility index (Phi) is 7.29. The highest BCUT2D eigenvalue weighted by molar-refractivity contribution is 5.82. The van der Waals surface area contributed by atoms with Crippen LogP contribution < -0.4 is 5.56 Å². The van der Waals surface area contributed by atoms with Crippen LogP contribution >= 0.6 is 0 Å². The third kappa shape index (κ3) is 5.19. The highest BCUT2D eigenvalue weighted by atomic mass is 16.5. The summed E-state index contributed by atoms with van der Waals surface area (Å²) in [6.45, 7) is 8.45. The van der Waals surface area contributed by atoms with Gasteiger partial charge in [-0.2, -0.15) is 0 Å². The molecule has 8 nitrogen and oxygen atoms in total. The van der Waals surface area contributed by atoms with E-state index in [1.54, 1.807) is 0 Å². The topological polar surface area (TPSA) is 88.9 Å². The van der Waals surface area contributed by atoms with Crippen LogP contribution in [0.5, 0.6) is 0 Å². The van der Waals surface area contributed by atoms with Crippen molar-refractivity contribution in [2.45, 2.75) is 103 Å². The fourth-order valence-electron chi connectivity index (χ4n) is 6.08. The molecule has 0 bridgehead atoms. The Bertz CT molecular complexity index is 1210. The second-order valence-electron chi connectivity index (χ2n) is 10.4. The third-order valence-electron chi connectivity index (χ3n) is 7.81. The van der Waals surface area contributed by atoms with E-state index in [2.05, 4.69) is 64.4 Å². The summed E-state index contributed by atoms with van der Waals surface area (Å²) in [6.07, 6.45) is 9.23. The summed E-state index contributed by atoms with van der Waals surface area (Å²) in [5.74, 6) is 0.887. The van der Waals surface area contributed by atoms with Crippen molar-refractivity contribution in [1.82, 2.24) is 30.1 Å². The minimum absolute atomic E-state index is 0.000868. The standard InChI is InChI=1S/C27H38N6O2/c1-4-24(26-29-30-31-33(26)17-23-11-8-12-35-23)32(22-9-6-5-7-10-22)16-21-15-20-14-18(2)13-19(3)25(20)28-27(21)34/h13-15,22-24H,4-12,16-17H2,1-3H3,(H,28,34). The van der Waals surface area contributed by atoms with Gasteiger partial charge in [0.1, 0.15) is 0 Å². The molecule has 35 heavy (non-hydrogen) atoms. The molecular weight excluding hydrogens is 440 g/mol. The van der Waals surface area contributed by atoms with Crippen LogP contribution in [0.3, 0.4) is 0 Å². The lowest BCUT2D eigenvalue weighted by Gasteiger charge is -2.39. The molecule has 1 saturated carbocycles. The molecule has 5 rings (SSSR count). The molecule has 0 amide bonds. The smallest absolute Gasteiger partial charge is 0.252 e. The Balaban J connectivity index is 1.50. The monoisotopic (exact) mass is 478 g/mol. The van der Waals surface area contributed by atoms with Gasteiger partial charge in [0.05, 0.1) is 24.2 Å². The summed E-state index contributed by atoms with van der Waals surface area (Å²) in [7, 11) is 0. The minimum Gasteiger partial charge on any atom is -0.376 e. The molecule has 1 N–H and O–H groups in total. The Labute approximate surface area is 207 Å². The van der Waals surface area contributed by atoms with Gasteiger partial charge < -0.3 is 9.72 Å². The fourth-order valence-corrected chi connectivity index (χ4v) is 6.08. The SMILES string of the molecule is CCC(c1nnnn1CC1CCCO1)N(Cc1cc2cc(C)cc(C)c2[nH]c1=O)C1CCCCC1. The van der Waals surface area contributed by atoms with Crippen LogP contribution in [0.4, 0.5) is 0 Å². The van der Waals surface area contributed by atoms with Gasteiger partial charge in [-0.3, -0.25) is 9.69 Å². The zero-order valence-corrected chi connectivity index (χ0v) is 21.3. The van der Waals surface area contributed by atoms with Crippen molar-refractivity contribution in [1.29, 1.82) is 0 Å². The number of hydrogen-bond acceptors (Lipinski definition) is 6. The maximum absolute atomic E-state index is 13.2. The van der Waals surface area contributed by atoms with E-state index in [0.717, 1.165) is 66.6 Å². The van der Waals surface area contributed by atoms with Crippen LogP contribution in [0.2, 0.25) is 0 Å². The number of benzene rings is 1. The average Bonchev–Trinajstić information content (AvgIpc) is 3.53. The van der Waals surface area contributed by atoms with E-state index in [1.165, 1.54) is 24.8 Å². The number of ether oxygens (including phenoxy) is 1. The fraction of sp³-hybridized carbons (Fsp3) is 0.630. The highest BCUT2D eigenvalue weighted by Crippen LogP contribution is 2.33. The zero-order valence-electron chi connectivity index (χ0n) is 21.3. The molecule has 3 aromatic rings. The van der Waals surface area contributed by atoms with Crippen LogP contribution in [0.25, 0.3) is 10.9 Å². The maximum Gasteiger partial charge on any atom is 0.252 e. The Morgan fingerprint density at radius 1 is 1.14 bits per heavy atom. The van der Waals surface area contributed by atoms with Crippen molar-refractivity contribution in [2.75, 3.05) is 6.61 Å². The van der Waals surface area contributed by atoms with E-state index < -0.39 is 0 Å². The van der Waals surface area contributed by atoms with Gasteiger partial charge in [0, 0.05) is 24.8 Å². The second kappa shape index (κ2) is 10.6. The van der Waals surface area contributed by atoms with E-state index >= 15 is 0 Å². The number of nitrogens with one attached hydrogen (secondary N) is 1. The van der Waals surface area contributed by atoms with Gasteiger partial charge in [-0.25, -0.2) is 4.68 Å². The molecule has 2 aliphatic rings. The number of nitrogens with zero attached hydrogens (tertiary/aromatic N) is 5. The van der Waals surface area contributed by atoms with E-state index in [9.17, 15) is 4.79 Å². The number of aromatic nitrogens is 5. The first kappa shape index (κ1) is 24.1. The Morgan fingerprint density at radius 2 is 1.97 bits per heavy atom. The van der Waals surface area contributed by atoms with Crippen LogP contribution in [0.15, 0.2) is 23.0 Å². The van der Waals surface area contributed by atoms with Crippen molar-refractivity contribution >= 4 is 10.9 Å². The normalized spacial score (nSPS) is 20.2. The van der Waals surface area contributed by atoms with E-state index in [4.69, 9.17) is 4.74 Å². The van der Waals surface area contributed by atoms with E-state index in [1.807, 2.05) is 4.68 Å². The summed E-state index contributed by atoms with van der Waals surface area (Å²) in [4.78, 5) is 18.9. The molecule has 1 saturated heterocycles. The molecule has 1 aliphatic carbocycles. The molecular formula is C27H38N6O2. The summed E-state index contributed by atoms with van der Waals surface area (Å²) in [6, 6.07) is 6.82. The third-order valence-corrected chi connectivity index (χ3v) is 7.81. The lowest BCUT2D eigenvalue weighted by atomic mass is 9.92. The number of aryl methyl sites for hydroxylation is 2. The van der Waals surface area contributed by atoms with Crippen molar-refractivity contribution < 1.29 is 4.74 Å².